The molecule has 0 spiro atoms. The molecule has 0 aliphatic rings. The molecule has 0 saturated heterocycles. The van der Waals surface area contributed by atoms with E-state index in [0.717, 1.165) is 77.6 Å². The maximum Gasteiger partial charge on any atom is 0.137 e. The highest BCUT2D eigenvalue weighted by Gasteiger charge is 2.23. The standard InChI is InChI=1S/C46H29NO2/c1-2-15-32-30(13-1)14-11-20-33(32)34-16-3-7-22-40(34)47(31-27-28-37-36-18-5-9-24-42(36)49-45(37)29-31)41-23-8-4-17-35(41)38-21-12-26-44-46(38)39-19-6-10-25-43(39)48-44/h1-29H. The van der Waals surface area contributed by atoms with Crippen LogP contribution in [0.1, 0.15) is 0 Å². The van der Waals surface area contributed by atoms with E-state index in [-0.39, 0.29) is 0 Å². The smallest absolute Gasteiger partial charge is 0.137 e. The van der Waals surface area contributed by atoms with Crippen molar-refractivity contribution in [1.29, 1.82) is 0 Å². The van der Waals surface area contributed by atoms with Crippen LogP contribution in [0.5, 0.6) is 0 Å². The molecule has 0 saturated carbocycles. The Bertz CT molecular complexity index is 2850. The van der Waals surface area contributed by atoms with Gasteiger partial charge in [-0.15, -0.1) is 0 Å². The monoisotopic (exact) mass is 627 g/mol. The normalized spacial score (nSPS) is 11.7. The summed E-state index contributed by atoms with van der Waals surface area (Å²) >= 11 is 0. The average molecular weight is 628 g/mol. The molecule has 0 radical (unpaired) electrons. The molecule has 2 aromatic heterocycles. The summed E-state index contributed by atoms with van der Waals surface area (Å²) in [6.07, 6.45) is 0. The second-order valence-electron chi connectivity index (χ2n) is 12.5. The summed E-state index contributed by atoms with van der Waals surface area (Å²) in [6, 6.07) is 62.1. The summed E-state index contributed by atoms with van der Waals surface area (Å²) in [6.45, 7) is 0. The minimum atomic E-state index is 0.853. The Labute approximate surface area is 282 Å². The predicted molar refractivity (Wildman–Crippen MR) is 204 cm³/mol. The first-order chi connectivity index (χ1) is 24.3. The molecule has 0 bridgehead atoms. The van der Waals surface area contributed by atoms with Gasteiger partial charge in [0.1, 0.15) is 22.3 Å². The fraction of sp³-hybridized carbons (Fsp3) is 0. The van der Waals surface area contributed by atoms with E-state index in [0.29, 0.717) is 0 Å². The topological polar surface area (TPSA) is 29.5 Å². The van der Waals surface area contributed by atoms with Gasteiger partial charge in [0, 0.05) is 44.4 Å². The van der Waals surface area contributed by atoms with Gasteiger partial charge < -0.3 is 13.7 Å². The lowest BCUT2D eigenvalue weighted by Gasteiger charge is -2.30. The number of furan rings is 2. The molecule has 0 fully saturated rings. The predicted octanol–water partition coefficient (Wildman–Crippen LogP) is 13.4. The van der Waals surface area contributed by atoms with Gasteiger partial charge >= 0.3 is 0 Å². The van der Waals surface area contributed by atoms with Gasteiger partial charge in [0.2, 0.25) is 0 Å². The second kappa shape index (κ2) is 11.0. The first kappa shape index (κ1) is 27.5. The van der Waals surface area contributed by atoms with E-state index >= 15 is 0 Å². The molecule has 10 rings (SSSR count). The Hall–Kier alpha value is -6.58. The van der Waals surface area contributed by atoms with Crippen molar-refractivity contribution < 1.29 is 8.83 Å². The van der Waals surface area contributed by atoms with Crippen LogP contribution < -0.4 is 4.90 Å². The zero-order chi connectivity index (χ0) is 32.3. The Morgan fingerprint density at radius 3 is 1.65 bits per heavy atom. The summed E-state index contributed by atoms with van der Waals surface area (Å²) < 4.78 is 12.8. The van der Waals surface area contributed by atoms with E-state index in [4.69, 9.17) is 8.83 Å². The summed E-state index contributed by atoms with van der Waals surface area (Å²) in [4.78, 5) is 2.39. The molecule has 0 atom stereocenters. The SMILES string of the molecule is c1ccc(N(c2ccc3c(c2)oc2ccccc23)c2ccccc2-c2cccc3oc4ccccc4c23)c(-c2cccc3ccccc23)c1. The van der Waals surface area contributed by atoms with Crippen molar-refractivity contribution in [3.63, 3.8) is 0 Å². The summed E-state index contributed by atoms with van der Waals surface area (Å²) in [5, 5.41) is 6.86. The molecule has 10 aromatic rings. The van der Waals surface area contributed by atoms with Crippen molar-refractivity contribution >= 4 is 71.7 Å². The lowest BCUT2D eigenvalue weighted by molar-refractivity contribution is 0.668. The number of hydrogen-bond donors (Lipinski definition) is 0. The average Bonchev–Trinajstić information content (AvgIpc) is 3.73. The van der Waals surface area contributed by atoms with E-state index in [9.17, 15) is 0 Å². The molecule has 0 amide bonds. The molecule has 0 unspecified atom stereocenters. The van der Waals surface area contributed by atoms with Crippen LogP contribution >= 0.6 is 0 Å². The van der Waals surface area contributed by atoms with Crippen molar-refractivity contribution in [1.82, 2.24) is 0 Å². The van der Waals surface area contributed by atoms with Crippen LogP contribution in [-0.4, -0.2) is 0 Å². The molecule has 3 nitrogen and oxygen atoms in total. The van der Waals surface area contributed by atoms with Crippen LogP contribution in [0.25, 0.3) is 76.9 Å². The summed E-state index contributed by atoms with van der Waals surface area (Å²) in [7, 11) is 0. The third kappa shape index (κ3) is 4.37. The zero-order valence-corrected chi connectivity index (χ0v) is 26.5. The molecule has 0 N–H and O–H groups in total. The van der Waals surface area contributed by atoms with Crippen LogP contribution in [0.4, 0.5) is 17.1 Å². The van der Waals surface area contributed by atoms with Gasteiger partial charge in [-0.2, -0.15) is 0 Å². The number of rotatable bonds is 5. The third-order valence-electron chi connectivity index (χ3n) is 9.68. The fourth-order valence-electron chi connectivity index (χ4n) is 7.51. The third-order valence-corrected chi connectivity index (χ3v) is 9.68. The highest BCUT2D eigenvalue weighted by Crippen LogP contribution is 2.48. The van der Waals surface area contributed by atoms with Crippen LogP contribution in [0.2, 0.25) is 0 Å². The molecular formula is C46H29NO2. The van der Waals surface area contributed by atoms with Crippen molar-refractivity contribution in [3.8, 4) is 22.3 Å². The van der Waals surface area contributed by atoms with E-state index in [1.165, 1.54) is 16.3 Å². The highest BCUT2D eigenvalue weighted by molar-refractivity contribution is 6.14. The minimum Gasteiger partial charge on any atom is -0.456 e. The van der Waals surface area contributed by atoms with Crippen molar-refractivity contribution in [2.45, 2.75) is 0 Å². The van der Waals surface area contributed by atoms with Crippen molar-refractivity contribution in [2.24, 2.45) is 0 Å². The quantitative estimate of drug-likeness (QED) is 0.190. The number of para-hydroxylation sites is 4. The lowest BCUT2D eigenvalue weighted by atomic mass is 9.94. The molecule has 2 heterocycles. The first-order valence-corrected chi connectivity index (χ1v) is 16.6. The van der Waals surface area contributed by atoms with Crippen LogP contribution in [0.3, 0.4) is 0 Å². The van der Waals surface area contributed by atoms with Gasteiger partial charge in [-0.3, -0.25) is 0 Å². The van der Waals surface area contributed by atoms with Crippen LogP contribution in [0.15, 0.2) is 185 Å². The molecule has 0 aliphatic heterocycles. The van der Waals surface area contributed by atoms with Gasteiger partial charge in [-0.25, -0.2) is 0 Å². The number of nitrogens with zero attached hydrogens (tertiary/aromatic N) is 1. The largest absolute Gasteiger partial charge is 0.456 e. The van der Waals surface area contributed by atoms with Gasteiger partial charge in [0.05, 0.1) is 11.4 Å². The summed E-state index contributed by atoms with van der Waals surface area (Å²) in [5.41, 5.74) is 11.2. The Kier molecular flexibility index (Phi) is 6.18. The minimum absolute atomic E-state index is 0.853. The van der Waals surface area contributed by atoms with Gasteiger partial charge in [-0.1, -0.05) is 127 Å². The van der Waals surface area contributed by atoms with Crippen LogP contribution in [-0.2, 0) is 0 Å². The Morgan fingerprint density at radius 2 is 0.837 bits per heavy atom. The number of benzene rings is 8. The Balaban J connectivity index is 1.28. The number of hydrogen-bond acceptors (Lipinski definition) is 3. The Morgan fingerprint density at radius 1 is 0.327 bits per heavy atom. The zero-order valence-electron chi connectivity index (χ0n) is 26.5. The van der Waals surface area contributed by atoms with Gasteiger partial charge in [0.15, 0.2) is 0 Å². The number of anilines is 3. The molecule has 0 aliphatic carbocycles. The fourth-order valence-corrected chi connectivity index (χ4v) is 7.51. The van der Waals surface area contributed by atoms with Gasteiger partial charge in [0.25, 0.3) is 0 Å². The maximum atomic E-state index is 6.46. The first-order valence-electron chi connectivity index (χ1n) is 16.6. The maximum absolute atomic E-state index is 6.46. The second-order valence-corrected chi connectivity index (χ2v) is 12.5. The molecule has 8 aromatic carbocycles. The van der Waals surface area contributed by atoms with E-state index < -0.39 is 0 Å². The van der Waals surface area contributed by atoms with Gasteiger partial charge in [-0.05, 0) is 64.4 Å². The van der Waals surface area contributed by atoms with E-state index in [1.54, 1.807) is 0 Å². The summed E-state index contributed by atoms with van der Waals surface area (Å²) in [5.74, 6) is 0. The molecule has 230 valence electrons. The van der Waals surface area contributed by atoms with Crippen LogP contribution in [0, 0.1) is 0 Å². The van der Waals surface area contributed by atoms with Crippen molar-refractivity contribution in [2.75, 3.05) is 4.90 Å². The molecule has 3 heteroatoms. The van der Waals surface area contributed by atoms with Crippen molar-refractivity contribution in [3.05, 3.63) is 176 Å². The highest BCUT2D eigenvalue weighted by atomic mass is 16.3. The number of fused-ring (bicyclic) bond motifs is 7. The van der Waals surface area contributed by atoms with E-state index in [1.807, 2.05) is 24.3 Å². The molecule has 49 heavy (non-hydrogen) atoms. The van der Waals surface area contributed by atoms with E-state index in [2.05, 4.69) is 157 Å². The lowest BCUT2D eigenvalue weighted by Crippen LogP contribution is -2.12. The molecular weight excluding hydrogens is 599 g/mol.